The summed E-state index contributed by atoms with van der Waals surface area (Å²) in [5, 5.41) is 3.42. The van der Waals surface area contributed by atoms with E-state index in [2.05, 4.69) is 5.32 Å². The molecule has 0 aromatic heterocycles. The lowest BCUT2D eigenvalue weighted by Gasteiger charge is -2.26. The maximum atomic E-state index is 13.2. The SMILES string of the molecule is O=C(c1cccc(F)c1)N(CC1CCCN1)C1CC1. The Morgan fingerprint density at radius 3 is 2.84 bits per heavy atom. The zero-order valence-electron chi connectivity index (χ0n) is 10.9. The number of halogens is 1. The fourth-order valence-electron chi connectivity index (χ4n) is 2.72. The quantitative estimate of drug-likeness (QED) is 0.902. The van der Waals surface area contributed by atoms with Crippen LogP contribution in [-0.2, 0) is 0 Å². The van der Waals surface area contributed by atoms with Crippen LogP contribution in [-0.4, -0.2) is 36.0 Å². The molecule has 1 saturated heterocycles. The molecular weight excluding hydrogens is 243 g/mol. The van der Waals surface area contributed by atoms with Gasteiger partial charge in [-0.15, -0.1) is 0 Å². The molecule has 3 rings (SSSR count). The van der Waals surface area contributed by atoms with E-state index < -0.39 is 0 Å². The van der Waals surface area contributed by atoms with Gasteiger partial charge >= 0.3 is 0 Å². The average Bonchev–Trinajstić information content (AvgIpc) is 3.12. The van der Waals surface area contributed by atoms with Crippen LogP contribution < -0.4 is 5.32 Å². The highest BCUT2D eigenvalue weighted by molar-refractivity contribution is 5.94. The van der Waals surface area contributed by atoms with Gasteiger partial charge in [-0.3, -0.25) is 4.79 Å². The molecule has 3 nitrogen and oxygen atoms in total. The van der Waals surface area contributed by atoms with Crippen LogP contribution in [0.5, 0.6) is 0 Å². The predicted molar refractivity (Wildman–Crippen MR) is 71.5 cm³/mol. The molecule has 1 aromatic carbocycles. The number of nitrogens with zero attached hydrogens (tertiary/aromatic N) is 1. The molecule has 1 unspecified atom stereocenters. The van der Waals surface area contributed by atoms with Gasteiger partial charge in [-0.2, -0.15) is 0 Å². The summed E-state index contributed by atoms with van der Waals surface area (Å²) in [5.41, 5.74) is 0.463. The minimum absolute atomic E-state index is 0.0318. The van der Waals surface area contributed by atoms with E-state index in [1.165, 1.54) is 18.6 Å². The van der Waals surface area contributed by atoms with Crippen molar-refractivity contribution < 1.29 is 9.18 Å². The second-order valence-corrected chi connectivity index (χ2v) is 5.49. The van der Waals surface area contributed by atoms with Crippen molar-refractivity contribution in [3.8, 4) is 0 Å². The van der Waals surface area contributed by atoms with Crippen molar-refractivity contribution in [3.63, 3.8) is 0 Å². The van der Waals surface area contributed by atoms with Crippen LogP contribution in [0.4, 0.5) is 4.39 Å². The van der Waals surface area contributed by atoms with Gasteiger partial charge in [-0.05, 0) is 50.4 Å². The molecule has 102 valence electrons. The molecule has 19 heavy (non-hydrogen) atoms. The lowest BCUT2D eigenvalue weighted by atomic mass is 10.1. The van der Waals surface area contributed by atoms with Crippen molar-refractivity contribution in [1.82, 2.24) is 10.2 Å². The minimum Gasteiger partial charge on any atom is -0.334 e. The van der Waals surface area contributed by atoms with Crippen molar-refractivity contribution in [2.24, 2.45) is 0 Å². The number of nitrogens with one attached hydrogen (secondary N) is 1. The first-order chi connectivity index (χ1) is 9.24. The second-order valence-electron chi connectivity index (χ2n) is 5.49. The number of carbonyl (C=O) groups is 1. The topological polar surface area (TPSA) is 32.3 Å². The van der Waals surface area contributed by atoms with Gasteiger partial charge in [0.1, 0.15) is 5.82 Å². The molecule has 1 N–H and O–H groups in total. The molecule has 1 aliphatic carbocycles. The Bertz CT molecular complexity index is 467. The minimum atomic E-state index is -0.347. The second kappa shape index (κ2) is 5.29. The lowest BCUT2D eigenvalue weighted by Crippen LogP contribution is -2.42. The molecule has 0 bridgehead atoms. The van der Waals surface area contributed by atoms with E-state index in [9.17, 15) is 9.18 Å². The molecule has 1 amide bonds. The highest BCUT2D eigenvalue weighted by Crippen LogP contribution is 2.29. The van der Waals surface area contributed by atoms with Crippen molar-refractivity contribution >= 4 is 5.91 Å². The van der Waals surface area contributed by atoms with Gasteiger partial charge < -0.3 is 10.2 Å². The lowest BCUT2D eigenvalue weighted by molar-refractivity contribution is 0.0728. The Kier molecular flexibility index (Phi) is 3.51. The summed E-state index contributed by atoms with van der Waals surface area (Å²) >= 11 is 0. The Labute approximate surface area is 112 Å². The van der Waals surface area contributed by atoms with Gasteiger partial charge in [0.2, 0.25) is 0 Å². The largest absolute Gasteiger partial charge is 0.334 e. The number of hydrogen-bond acceptors (Lipinski definition) is 2. The van der Waals surface area contributed by atoms with Gasteiger partial charge in [0.05, 0.1) is 0 Å². The number of hydrogen-bond donors (Lipinski definition) is 1. The Morgan fingerprint density at radius 1 is 1.37 bits per heavy atom. The zero-order valence-corrected chi connectivity index (χ0v) is 10.9. The average molecular weight is 262 g/mol. The summed E-state index contributed by atoms with van der Waals surface area (Å²) in [5.74, 6) is -0.378. The molecule has 1 atom stereocenters. The maximum Gasteiger partial charge on any atom is 0.254 e. The van der Waals surface area contributed by atoms with Crippen LogP contribution >= 0.6 is 0 Å². The highest BCUT2D eigenvalue weighted by atomic mass is 19.1. The first-order valence-corrected chi connectivity index (χ1v) is 7.04. The maximum absolute atomic E-state index is 13.2. The molecule has 1 saturated carbocycles. The van der Waals surface area contributed by atoms with Crippen LogP contribution in [0.15, 0.2) is 24.3 Å². The first-order valence-electron chi connectivity index (χ1n) is 7.04. The molecule has 2 aliphatic rings. The van der Waals surface area contributed by atoms with Crippen molar-refractivity contribution in [1.29, 1.82) is 0 Å². The molecule has 0 spiro atoms. The molecule has 4 heteroatoms. The van der Waals surface area contributed by atoms with Crippen LogP contribution in [0.3, 0.4) is 0 Å². The number of benzene rings is 1. The Morgan fingerprint density at radius 2 is 2.21 bits per heavy atom. The van der Waals surface area contributed by atoms with E-state index in [-0.39, 0.29) is 11.7 Å². The number of carbonyl (C=O) groups excluding carboxylic acids is 1. The fraction of sp³-hybridized carbons (Fsp3) is 0.533. The molecular formula is C15H19FN2O. The Hall–Kier alpha value is -1.42. The highest BCUT2D eigenvalue weighted by Gasteiger charge is 2.34. The van der Waals surface area contributed by atoms with E-state index >= 15 is 0 Å². The van der Waals surface area contributed by atoms with Gasteiger partial charge in [-0.25, -0.2) is 4.39 Å². The summed E-state index contributed by atoms with van der Waals surface area (Å²) in [6.45, 7) is 1.79. The summed E-state index contributed by atoms with van der Waals surface area (Å²) in [4.78, 5) is 14.4. The van der Waals surface area contributed by atoms with Gasteiger partial charge in [0, 0.05) is 24.2 Å². The summed E-state index contributed by atoms with van der Waals surface area (Å²) in [6.07, 6.45) is 4.46. The van der Waals surface area contributed by atoms with Crippen LogP contribution in [0.2, 0.25) is 0 Å². The standard InChI is InChI=1S/C15H19FN2O/c16-12-4-1-3-11(9-12)15(19)18(14-6-7-14)10-13-5-2-8-17-13/h1,3-4,9,13-14,17H,2,5-8,10H2. The molecule has 1 heterocycles. The monoisotopic (exact) mass is 262 g/mol. The van der Waals surface area contributed by atoms with Gasteiger partial charge in [-0.1, -0.05) is 6.07 Å². The Balaban J connectivity index is 1.73. The van der Waals surface area contributed by atoms with E-state index in [0.29, 0.717) is 17.6 Å². The van der Waals surface area contributed by atoms with Gasteiger partial charge in [0.15, 0.2) is 0 Å². The van der Waals surface area contributed by atoms with Crippen LogP contribution in [0.25, 0.3) is 0 Å². The molecule has 2 fully saturated rings. The molecule has 1 aliphatic heterocycles. The van der Waals surface area contributed by atoms with E-state index in [4.69, 9.17) is 0 Å². The van der Waals surface area contributed by atoms with Crippen LogP contribution in [0, 0.1) is 5.82 Å². The molecule has 0 radical (unpaired) electrons. The third kappa shape index (κ3) is 2.95. The van der Waals surface area contributed by atoms with E-state index in [1.54, 1.807) is 12.1 Å². The van der Waals surface area contributed by atoms with Crippen LogP contribution in [0.1, 0.15) is 36.0 Å². The van der Waals surface area contributed by atoms with Crippen molar-refractivity contribution in [3.05, 3.63) is 35.6 Å². The summed E-state index contributed by atoms with van der Waals surface area (Å²) in [6, 6.07) is 6.76. The van der Waals surface area contributed by atoms with E-state index in [1.807, 2.05) is 4.90 Å². The van der Waals surface area contributed by atoms with Crippen molar-refractivity contribution in [2.45, 2.75) is 37.8 Å². The normalized spacial score (nSPS) is 22.5. The number of rotatable bonds is 4. The third-order valence-corrected chi connectivity index (χ3v) is 3.90. The first kappa shape index (κ1) is 12.6. The molecule has 1 aromatic rings. The number of amides is 1. The third-order valence-electron chi connectivity index (χ3n) is 3.90. The van der Waals surface area contributed by atoms with Gasteiger partial charge in [0.25, 0.3) is 5.91 Å². The van der Waals surface area contributed by atoms with Crippen molar-refractivity contribution in [2.75, 3.05) is 13.1 Å². The predicted octanol–water partition coefficient (Wildman–Crippen LogP) is 2.18. The summed E-state index contributed by atoms with van der Waals surface area (Å²) in [7, 11) is 0. The summed E-state index contributed by atoms with van der Waals surface area (Å²) < 4.78 is 13.2. The van der Waals surface area contributed by atoms with E-state index in [0.717, 1.165) is 32.4 Å². The fourth-order valence-corrected chi connectivity index (χ4v) is 2.72. The smallest absolute Gasteiger partial charge is 0.254 e. The zero-order chi connectivity index (χ0) is 13.2.